The number of hydrogen-bond acceptors (Lipinski definition) is 4. The minimum atomic E-state index is -0.450. The molecule has 7 nitrogen and oxygen atoms in total. The molecule has 0 spiro atoms. The first-order valence-corrected chi connectivity index (χ1v) is 9.65. The van der Waals surface area contributed by atoms with Gasteiger partial charge in [-0.3, -0.25) is 9.59 Å². The normalized spacial score (nSPS) is 20.5. The van der Waals surface area contributed by atoms with Crippen molar-refractivity contribution in [1.29, 1.82) is 0 Å². The Labute approximate surface area is 158 Å². The van der Waals surface area contributed by atoms with Crippen molar-refractivity contribution in [2.45, 2.75) is 57.0 Å². The van der Waals surface area contributed by atoms with Crippen LogP contribution in [-0.2, 0) is 22.6 Å². The van der Waals surface area contributed by atoms with E-state index in [1.807, 2.05) is 39.9 Å². The second kappa shape index (κ2) is 7.50. The summed E-state index contributed by atoms with van der Waals surface area (Å²) in [7, 11) is 0. The van der Waals surface area contributed by atoms with Crippen LogP contribution in [0.4, 0.5) is 0 Å². The Bertz CT molecular complexity index is 826. The summed E-state index contributed by atoms with van der Waals surface area (Å²) in [5.41, 5.74) is 6.43. The molecule has 2 amide bonds. The lowest BCUT2D eigenvalue weighted by atomic mass is 10.1. The standard InChI is InChI=1S/C20H25N5O2/c21-17(26)11-18-22-20(25(23-18)12-14-6-2-1-3-7-14)15-10-19(27)24(13-15)16-8-4-5-9-16/h1-3,6-7,15-16H,4-5,8-13H2,(H2,21,26)/t15-/m1/s1. The molecule has 1 aliphatic carbocycles. The lowest BCUT2D eigenvalue weighted by Gasteiger charge is -2.24. The molecule has 1 aromatic carbocycles. The van der Waals surface area contributed by atoms with E-state index in [2.05, 4.69) is 10.1 Å². The number of hydrogen-bond donors (Lipinski definition) is 1. The summed E-state index contributed by atoms with van der Waals surface area (Å²) >= 11 is 0. The number of nitrogens with zero attached hydrogens (tertiary/aromatic N) is 4. The predicted molar refractivity (Wildman–Crippen MR) is 99.8 cm³/mol. The summed E-state index contributed by atoms with van der Waals surface area (Å²) in [6.07, 6.45) is 5.07. The smallest absolute Gasteiger partial charge is 0.225 e. The second-order valence-corrected chi connectivity index (χ2v) is 7.56. The molecule has 0 unspecified atom stereocenters. The molecule has 2 N–H and O–H groups in total. The Morgan fingerprint density at radius 2 is 1.93 bits per heavy atom. The van der Waals surface area contributed by atoms with Crippen molar-refractivity contribution in [2.75, 3.05) is 6.54 Å². The minimum absolute atomic E-state index is 0.0101. The molecule has 1 saturated carbocycles. The lowest BCUT2D eigenvalue weighted by Crippen LogP contribution is -2.34. The summed E-state index contributed by atoms with van der Waals surface area (Å²) < 4.78 is 1.84. The van der Waals surface area contributed by atoms with Gasteiger partial charge in [0.25, 0.3) is 0 Å². The van der Waals surface area contributed by atoms with Crippen molar-refractivity contribution < 1.29 is 9.59 Å². The summed E-state index contributed by atoms with van der Waals surface area (Å²) in [6, 6.07) is 10.4. The van der Waals surface area contributed by atoms with E-state index < -0.39 is 5.91 Å². The molecule has 4 rings (SSSR count). The van der Waals surface area contributed by atoms with E-state index in [-0.39, 0.29) is 18.2 Å². The second-order valence-electron chi connectivity index (χ2n) is 7.56. The number of rotatable bonds is 6. The van der Waals surface area contributed by atoms with Crippen LogP contribution in [0.1, 0.15) is 55.2 Å². The van der Waals surface area contributed by atoms with Gasteiger partial charge in [0.15, 0.2) is 5.82 Å². The number of benzene rings is 1. The number of carbonyl (C=O) groups is 2. The van der Waals surface area contributed by atoms with E-state index >= 15 is 0 Å². The Morgan fingerprint density at radius 1 is 1.19 bits per heavy atom. The van der Waals surface area contributed by atoms with Gasteiger partial charge in [0.05, 0.1) is 13.0 Å². The van der Waals surface area contributed by atoms with Crippen molar-refractivity contribution >= 4 is 11.8 Å². The van der Waals surface area contributed by atoms with Crippen molar-refractivity contribution in [2.24, 2.45) is 5.73 Å². The molecule has 27 heavy (non-hydrogen) atoms. The van der Waals surface area contributed by atoms with Crippen LogP contribution in [-0.4, -0.2) is 44.1 Å². The number of amides is 2. The Morgan fingerprint density at radius 3 is 2.63 bits per heavy atom. The van der Waals surface area contributed by atoms with Crippen LogP contribution >= 0.6 is 0 Å². The van der Waals surface area contributed by atoms with Gasteiger partial charge in [0.2, 0.25) is 11.8 Å². The van der Waals surface area contributed by atoms with Crippen molar-refractivity contribution in [3.05, 3.63) is 47.5 Å². The predicted octanol–water partition coefficient (Wildman–Crippen LogP) is 1.61. The van der Waals surface area contributed by atoms with Crippen LogP contribution in [0.25, 0.3) is 0 Å². The average Bonchev–Trinajstić information content (AvgIpc) is 3.35. The fourth-order valence-corrected chi connectivity index (χ4v) is 4.28. The van der Waals surface area contributed by atoms with Crippen molar-refractivity contribution in [1.82, 2.24) is 19.7 Å². The Hall–Kier alpha value is -2.70. The number of likely N-dealkylation sites (tertiary alicyclic amines) is 1. The highest BCUT2D eigenvalue weighted by molar-refractivity contribution is 5.80. The molecule has 0 radical (unpaired) electrons. The first kappa shape index (κ1) is 17.7. The zero-order valence-electron chi connectivity index (χ0n) is 15.4. The Kier molecular flexibility index (Phi) is 4.92. The first-order valence-electron chi connectivity index (χ1n) is 9.65. The topological polar surface area (TPSA) is 94.1 Å². The average molecular weight is 367 g/mol. The van der Waals surface area contributed by atoms with Gasteiger partial charge in [-0.2, -0.15) is 5.10 Å². The molecule has 2 heterocycles. The third-order valence-corrected chi connectivity index (χ3v) is 5.54. The van der Waals surface area contributed by atoms with Gasteiger partial charge in [-0.25, -0.2) is 9.67 Å². The zero-order chi connectivity index (χ0) is 18.8. The van der Waals surface area contributed by atoms with E-state index in [4.69, 9.17) is 5.73 Å². The van der Waals surface area contributed by atoms with Crippen LogP contribution in [0, 0.1) is 0 Å². The van der Waals surface area contributed by atoms with Crippen LogP contribution in [0.3, 0.4) is 0 Å². The monoisotopic (exact) mass is 367 g/mol. The Balaban J connectivity index is 1.59. The fraction of sp³-hybridized carbons (Fsp3) is 0.500. The maximum Gasteiger partial charge on any atom is 0.225 e. The van der Waals surface area contributed by atoms with Gasteiger partial charge in [0, 0.05) is 24.9 Å². The van der Waals surface area contributed by atoms with E-state index in [1.165, 1.54) is 12.8 Å². The van der Waals surface area contributed by atoms with Gasteiger partial charge in [-0.05, 0) is 18.4 Å². The summed E-state index contributed by atoms with van der Waals surface area (Å²) in [6.45, 7) is 1.25. The van der Waals surface area contributed by atoms with Gasteiger partial charge < -0.3 is 10.6 Å². The van der Waals surface area contributed by atoms with Crippen LogP contribution in [0.15, 0.2) is 30.3 Å². The zero-order valence-corrected chi connectivity index (χ0v) is 15.4. The van der Waals surface area contributed by atoms with Crippen LogP contribution in [0.5, 0.6) is 0 Å². The summed E-state index contributed by atoms with van der Waals surface area (Å²) in [5.74, 6) is 0.978. The molecule has 2 fully saturated rings. The fourth-order valence-electron chi connectivity index (χ4n) is 4.28. The molecule has 142 valence electrons. The van der Waals surface area contributed by atoms with Gasteiger partial charge in [-0.1, -0.05) is 43.2 Å². The van der Waals surface area contributed by atoms with Crippen molar-refractivity contribution in [3.63, 3.8) is 0 Å². The molecular formula is C20H25N5O2. The third kappa shape index (κ3) is 3.86. The molecular weight excluding hydrogens is 342 g/mol. The molecule has 1 aromatic heterocycles. The van der Waals surface area contributed by atoms with Crippen molar-refractivity contribution in [3.8, 4) is 0 Å². The molecule has 7 heteroatoms. The largest absolute Gasteiger partial charge is 0.369 e. The number of nitrogens with two attached hydrogens (primary N) is 1. The highest BCUT2D eigenvalue weighted by Crippen LogP contribution is 2.33. The highest BCUT2D eigenvalue weighted by atomic mass is 16.2. The van der Waals surface area contributed by atoms with E-state index in [1.54, 1.807) is 0 Å². The first-order chi connectivity index (χ1) is 13.1. The van der Waals surface area contributed by atoms with Gasteiger partial charge >= 0.3 is 0 Å². The minimum Gasteiger partial charge on any atom is -0.369 e. The number of aromatic nitrogens is 3. The molecule has 0 bridgehead atoms. The summed E-state index contributed by atoms with van der Waals surface area (Å²) in [4.78, 5) is 30.5. The molecule has 1 saturated heterocycles. The quantitative estimate of drug-likeness (QED) is 0.839. The van der Waals surface area contributed by atoms with Gasteiger partial charge in [0.1, 0.15) is 5.82 Å². The lowest BCUT2D eigenvalue weighted by molar-refractivity contribution is -0.129. The molecule has 1 aliphatic heterocycles. The maximum atomic E-state index is 12.6. The van der Waals surface area contributed by atoms with E-state index in [0.717, 1.165) is 24.2 Å². The van der Waals surface area contributed by atoms with E-state index in [0.29, 0.717) is 31.4 Å². The van der Waals surface area contributed by atoms with E-state index in [9.17, 15) is 9.59 Å². The molecule has 1 atom stereocenters. The number of carbonyl (C=O) groups excluding carboxylic acids is 2. The molecule has 2 aliphatic rings. The van der Waals surface area contributed by atoms with Gasteiger partial charge in [-0.15, -0.1) is 0 Å². The summed E-state index contributed by atoms with van der Waals surface area (Å²) in [5, 5.41) is 4.51. The third-order valence-electron chi connectivity index (χ3n) is 5.54. The highest BCUT2D eigenvalue weighted by Gasteiger charge is 2.38. The SMILES string of the molecule is NC(=O)Cc1nc([C@@H]2CC(=O)N(C3CCCC3)C2)n(Cc2ccccc2)n1. The molecule has 2 aromatic rings. The van der Waals surface area contributed by atoms with Crippen LogP contribution in [0.2, 0.25) is 0 Å². The number of primary amides is 1. The maximum absolute atomic E-state index is 12.6. The van der Waals surface area contributed by atoms with Crippen LogP contribution < -0.4 is 5.73 Å².